The maximum Gasteiger partial charge on any atom is 0.256 e. The highest BCUT2D eigenvalue weighted by atomic mass is 16.5. The van der Waals surface area contributed by atoms with E-state index < -0.39 is 6.04 Å². The van der Waals surface area contributed by atoms with Gasteiger partial charge in [0.05, 0.1) is 29.5 Å². The Bertz CT molecular complexity index is 1580. The first-order valence-electron chi connectivity index (χ1n) is 19.7. The van der Waals surface area contributed by atoms with Crippen molar-refractivity contribution in [3.63, 3.8) is 0 Å². The molecule has 0 unspecified atom stereocenters. The SMILES string of the molecule is CCCCN(CCCC)C(=O)C/C=C(/C)N(N)c1ccc(NC(=O)COC23CC4CC(CC(C4)C2)C3)cc1C(=O)N1Cc2ccccc2C[C@H]1CO. The molecule has 10 nitrogen and oxygen atoms in total. The van der Waals surface area contributed by atoms with Crippen LogP contribution in [0.1, 0.15) is 113 Å². The second-order valence-electron chi connectivity index (χ2n) is 15.9. The number of carbonyl (C=O) groups is 3. The van der Waals surface area contributed by atoms with Gasteiger partial charge in [-0.15, -0.1) is 0 Å². The summed E-state index contributed by atoms with van der Waals surface area (Å²) < 4.78 is 6.43. The average molecular weight is 714 g/mol. The van der Waals surface area contributed by atoms with E-state index in [1.54, 1.807) is 23.1 Å². The lowest BCUT2D eigenvalue weighted by molar-refractivity contribution is -0.167. The lowest BCUT2D eigenvalue weighted by Crippen LogP contribution is -2.52. The molecule has 4 fully saturated rings. The molecule has 4 bridgehead atoms. The third-order valence-corrected chi connectivity index (χ3v) is 12.0. The molecular weight excluding hydrogens is 654 g/mol. The minimum Gasteiger partial charge on any atom is -0.394 e. The summed E-state index contributed by atoms with van der Waals surface area (Å²) >= 11 is 0. The smallest absolute Gasteiger partial charge is 0.256 e. The van der Waals surface area contributed by atoms with Gasteiger partial charge in [0.25, 0.3) is 5.91 Å². The number of nitrogens with zero attached hydrogens (tertiary/aromatic N) is 3. The summed E-state index contributed by atoms with van der Waals surface area (Å²) in [5, 5.41) is 14.8. The third-order valence-electron chi connectivity index (χ3n) is 12.0. The highest BCUT2D eigenvalue weighted by molar-refractivity contribution is 6.02. The van der Waals surface area contributed by atoms with Crippen molar-refractivity contribution in [1.82, 2.24) is 9.80 Å². The van der Waals surface area contributed by atoms with Crippen LogP contribution in [0, 0.1) is 17.8 Å². The quantitative estimate of drug-likeness (QED) is 0.133. The van der Waals surface area contributed by atoms with Crippen molar-refractivity contribution >= 4 is 29.1 Å². The van der Waals surface area contributed by atoms with Crippen LogP contribution in [0.4, 0.5) is 11.4 Å². The van der Waals surface area contributed by atoms with Crippen molar-refractivity contribution in [3.8, 4) is 0 Å². The number of amides is 3. The second-order valence-corrected chi connectivity index (χ2v) is 15.9. The number of fused-ring (bicyclic) bond motifs is 1. The van der Waals surface area contributed by atoms with Crippen LogP contribution in [0.3, 0.4) is 0 Å². The molecule has 4 N–H and O–H groups in total. The van der Waals surface area contributed by atoms with Gasteiger partial charge in [0.1, 0.15) is 6.61 Å². The monoisotopic (exact) mass is 713 g/mol. The van der Waals surface area contributed by atoms with E-state index in [9.17, 15) is 19.5 Å². The summed E-state index contributed by atoms with van der Waals surface area (Å²) in [6.07, 6.45) is 13.5. The molecule has 0 spiro atoms. The van der Waals surface area contributed by atoms with Gasteiger partial charge >= 0.3 is 0 Å². The Kier molecular flexibility index (Phi) is 12.4. The number of carbonyl (C=O) groups excluding carboxylic acids is 3. The lowest BCUT2D eigenvalue weighted by Gasteiger charge is -2.56. The first-order valence-corrected chi connectivity index (χ1v) is 19.7. The number of benzene rings is 2. The highest BCUT2D eigenvalue weighted by Crippen LogP contribution is 2.57. The van der Waals surface area contributed by atoms with E-state index in [1.807, 2.05) is 42.2 Å². The number of allylic oxidation sites excluding steroid dienone is 1. The zero-order chi connectivity index (χ0) is 36.8. The topological polar surface area (TPSA) is 128 Å². The summed E-state index contributed by atoms with van der Waals surface area (Å²) in [5.74, 6) is 8.39. The number of unbranched alkanes of at least 4 members (excludes halogenated alkanes) is 2. The van der Waals surface area contributed by atoms with Gasteiger partial charge in [-0.05, 0) is 112 Å². The number of rotatable bonds is 16. The molecule has 1 aliphatic heterocycles. The van der Waals surface area contributed by atoms with E-state index in [0.717, 1.165) is 86.9 Å². The number of hydrogen-bond acceptors (Lipinski definition) is 7. The van der Waals surface area contributed by atoms with Crippen molar-refractivity contribution in [2.45, 2.75) is 116 Å². The van der Waals surface area contributed by atoms with Crippen LogP contribution < -0.4 is 16.2 Å². The molecular formula is C42H59N5O5. The first-order chi connectivity index (χ1) is 25.1. The van der Waals surface area contributed by atoms with Crippen LogP contribution in [-0.2, 0) is 27.3 Å². The summed E-state index contributed by atoms with van der Waals surface area (Å²) in [7, 11) is 0. The lowest BCUT2D eigenvalue weighted by atomic mass is 9.54. The van der Waals surface area contributed by atoms with E-state index in [2.05, 4.69) is 19.2 Å². The van der Waals surface area contributed by atoms with Crippen LogP contribution in [0.2, 0.25) is 0 Å². The molecule has 4 saturated carbocycles. The van der Waals surface area contributed by atoms with E-state index >= 15 is 0 Å². The molecule has 4 aliphatic carbocycles. The van der Waals surface area contributed by atoms with Crippen molar-refractivity contribution in [3.05, 3.63) is 70.9 Å². The standard InChI is InChI=1S/C42H59N5O5/c1-4-6-16-45(17-7-5-2)40(50)15-12-29(3)47(43)38-14-13-35(44-39(49)28-52-42-23-30-18-31(24-42)20-32(19-30)25-42)22-37(38)41(51)46-26-34-11-9-8-10-33(34)21-36(46)27-48/h8-14,22,30-32,36,48H,4-7,15-21,23-28,43H2,1-3H3,(H,44,49)/b29-12-/t30?,31?,32?,36-,42?/m0/s1. The summed E-state index contributed by atoms with van der Waals surface area (Å²) in [6, 6.07) is 12.7. The second kappa shape index (κ2) is 16.9. The Balaban J connectivity index is 1.21. The van der Waals surface area contributed by atoms with Gasteiger partial charge in [0.2, 0.25) is 11.8 Å². The highest BCUT2D eigenvalue weighted by Gasteiger charge is 2.51. The van der Waals surface area contributed by atoms with Gasteiger partial charge in [-0.1, -0.05) is 57.0 Å². The number of ether oxygens (including phenoxy) is 1. The predicted octanol–water partition coefficient (Wildman–Crippen LogP) is 6.57. The maximum atomic E-state index is 14.5. The Morgan fingerprint density at radius 1 is 0.981 bits per heavy atom. The zero-order valence-electron chi connectivity index (χ0n) is 31.4. The number of aliphatic hydroxyl groups is 1. The summed E-state index contributed by atoms with van der Waals surface area (Å²) in [4.78, 5) is 44.7. The molecule has 5 aliphatic rings. The van der Waals surface area contributed by atoms with Crippen molar-refractivity contribution in [1.29, 1.82) is 0 Å². The van der Waals surface area contributed by atoms with Crippen LogP contribution in [0.25, 0.3) is 0 Å². The van der Waals surface area contributed by atoms with Gasteiger partial charge in [0, 0.05) is 37.4 Å². The number of nitrogens with two attached hydrogens (primary N) is 1. The summed E-state index contributed by atoms with van der Waals surface area (Å²) in [6.45, 7) is 7.67. The molecule has 1 heterocycles. The Morgan fingerprint density at radius 2 is 1.62 bits per heavy atom. The van der Waals surface area contributed by atoms with Gasteiger partial charge in [-0.25, -0.2) is 5.84 Å². The molecule has 7 rings (SSSR count). The number of hydrazine groups is 1. The molecule has 0 saturated heterocycles. The van der Waals surface area contributed by atoms with Crippen molar-refractivity contribution in [2.75, 3.05) is 36.6 Å². The van der Waals surface area contributed by atoms with Crippen molar-refractivity contribution in [2.24, 2.45) is 23.6 Å². The van der Waals surface area contributed by atoms with Crippen LogP contribution >= 0.6 is 0 Å². The Hall–Kier alpha value is -3.73. The fraction of sp³-hybridized carbons (Fsp3) is 0.595. The minimum absolute atomic E-state index is 0.0287. The molecule has 2 aromatic rings. The predicted molar refractivity (Wildman–Crippen MR) is 204 cm³/mol. The van der Waals surface area contributed by atoms with E-state index in [0.29, 0.717) is 35.6 Å². The summed E-state index contributed by atoms with van der Waals surface area (Å²) in [5.41, 5.74) is 3.79. The number of anilines is 2. The van der Waals surface area contributed by atoms with Crippen LogP contribution in [0.15, 0.2) is 54.2 Å². The molecule has 10 heteroatoms. The first kappa shape index (κ1) is 38.0. The van der Waals surface area contributed by atoms with Crippen LogP contribution in [-0.4, -0.2) is 70.6 Å². The zero-order valence-corrected chi connectivity index (χ0v) is 31.4. The van der Waals surface area contributed by atoms with E-state index in [-0.39, 0.29) is 43.0 Å². The fourth-order valence-corrected chi connectivity index (χ4v) is 9.47. The normalized spacial score (nSPS) is 24.8. The Morgan fingerprint density at radius 3 is 2.23 bits per heavy atom. The molecule has 0 aromatic heterocycles. The van der Waals surface area contributed by atoms with Gasteiger partial charge < -0.3 is 25.0 Å². The number of nitrogens with one attached hydrogen (secondary N) is 1. The third kappa shape index (κ3) is 8.72. The largest absolute Gasteiger partial charge is 0.394 e. The molecule has 1 atom stereocenters. The van der Waals surface area contributed by atoms with E-state index in [4.69, 9.17) is 10.6 Å². The van der Waals surface area contributed by atoms with Gasteiger partial charge in [-0.3, -0.25) is 19.4 Å². The number of aliphatic hydroxyl groups excluding tert-OH is 1. The van der Waals surface area contributed by atoms with Crippen LogP contribution in [0.5, 0.6) is 0 Å². The number of hydrogen-bond donors (Lipinski definition) is 3. The van der Waals surface area contributed by atoms with Crippen molar-refractivity contribution < 1.29 is 24.2 Å². The molecule has 52 heavy (non-hydrogen) atoms. The minimum atomic E-state index is -0.417. The maximum absolute atomic E-state index is 14.5. The average Bonchev–Trinajstić information content (AvgIpc) is 3.14. The molecule has 3 amide bonds. The van der Waals surface area contributed by atoms with Gasteiger partial charge in [-0.2, -0.15) is 0 Å². The van der Waals surface area contributed by atoms with Gasteiger partial charge in [0.15, 0.2) is 0 Å². The fourth-order valence-electron chi connectivity index (χ4n) is 9.47. The molecule has 2 aromatic carbocycles. The molecule has 0 radical (unpaired) electrons. The Labute approximate surface area is 309 Å². The van der Waals surface area contributed by atoms with E-state index in [1.165, 1.54) is 24.3 Å². The molecule has 282 valence electrons.